The third-order valence-corrected chi connectivity index (χ3v) is 4.87. The molecule has 3 nitrogen and oxygen atoms in total. The van der Waals surface area contributed by atoms with Gasteiger partial charge < -0.3 is 15.4 Å². The lowest BCUT2D eigenvalue weighted by Crippen LogP contribution is -2.51. The SMILES string of the molecule is COc1ccc(NC(=S)NC2(C(C)C)CCCC2)cc1Cl. The van der Waals surface area contributed by atoms with Crippen LogP contribution in [0.5, 0.6) is 5.75 Å². The first kappa shape index (κ1) is 16.4. The molecule has 0 saturated heterocycles. The highest BCUT2D eigenvalue weighted by atomic mass is 35.5. The molecule has 5 heteroatoms. The van der Waals surface area contributed by atoms with Gasteiger partial charge >= 0.3 is 0 Å². The predicted molar refractivity (Wildman–Crippen MR) is 93.4 cm³/mol. The third-order valence-electron chi connectivity index (χ3n) is 4.37. The van der Waals surface area contributed by atoms with Crippen molar-refractivity contribution < 1.29 is 4.74 Å². The summed E-state index contributed by atoms with van der Waals surface area (Å²) in [5, 5.41) is 7.99. The van der Waals surface area contributed by atoms with Crippen LogP contribution in [0.4, 0.5) is 5.69 Å². The Morgan fingerprint density at radius 2 is 2.00 bits per heavy atom. The van der Waals surface area contributed by atoms with Gasteiger partial charge in [0.05, 0.1) is 12.1 Å². The highest BCUT2D eigenvalue weighted by molar-refractivity contribution is 7.80. The van der Waals surface area contributed by atoms with Gasteiger partial charge in [-0.25, -0.2) is 0 Å². The van der Waals surface area contributed by atoms with Crippen molar-refractivity contribution >= 4 is 34.6 Å². The Kier molecular flexibility index (Phi) is 5.33. The van der Waals surface area contributed by atoms with Crippen LogP contribution in [0.15, 0.2) is 18.2 Å². The number of thiocarbonyl (C=S) groups is 1. The van der Waals surface area contributed by atoms with E-state index >= 15 is 0 Å². The monoisotopic (exact) mass is 326 g/mol. The van der Waals surface area contributed by atoms with E-state index < -0.39 is 0 Å². The fraction of sp³-hybridized carbons (Fsp3) is 0.562. The molecular weight excluding hydrogens is 304 g/mol. The summed E-state index contributed by atoms with van der Waals surface area (Å²) in [6.07, 6.45) is 4.88. The van der Waals surface area contributed by atoms with Gasteiger partial charge in [-0.05, 0) is 49.2 Å². The minimum Gasteiger partial charge on any atom is -0.495 e. The zero-order valence-electron chi connectivity index (χ0n) is 12.8. The quantitative estimate of drug-likeness (QED) is 0.792. The number of rotatable bonds is 4. The molecule has 1 aliphatic carbocycles. The van der Waals surface area contributed by atoms with Crippen LogP contribution in [0.1, 0.15) is 39.5 Å². The smallest absolute Gasteiger partial charge is 0.171 e. The molecule has 1 fully saturated rings. The van der Waals surface area contributed by atoms with Crippen LogP contribution >= 0.6 is 23.8 Å². The lowest BCUT2D eigenvalue weighted by atomic mass is 9.85. The highest BCUT2D eigenvalue weighted by Crippen LogP contribution is 2.36. The standard InChI is InChI=1S/C16H23ClN2OS/c1-11(2)16(8-4-5-9-16)19-15(21)18-12-6-7-14(20-3)13(17)10-12/h6-7,10-11H,4-5,8-9H2,1-3H3,(H2,18,19,21). The van der Waals surface area contributed by atoms with Crippen molar-refractivity contribution in [2.24, 2.45) is 5.92 Å². The first-order valence-electron chi connectivity index (χ1n) is 7.39. The van der Waals surface area contributed by atoms with Crippen molar-refractivity contribution in [2.75, 3.05) is 12.4 Å². The molecular formula is C16H23ClN2OS. The van der Waals surface area contributed by atoms with Gasteiger partial charge in [0.2, 0.25) is 0 Å². The summed E-state index contributed by atoms with van der Waals surface area (Å²) in [4.78, 5) is 0. The molecule has 0 unspecified atom stereocenters. The Balaban J connectivity index is 2.03. The third kappa shape index (κ3) is 3.80. The van der Waals surface area contributed by atoms with Gasteiger partial charge in [0.25, 0.3) is 0 Å². The van der Waals surface area contributed by atoms with E-state index in [9.17, 15) is 0 Å². The summed E-state index contributed by atoms with van der Waals surface area (Å²) in [6, 6.07) is 5.57. The van der Waals surface area contributed by atoms with Crippen LogP contribution in [0.25, 0.3) is 0 Å². The van der Waals surface area contributed by atoms with E-state index in [4.69, 9.17) is 28.6 Å². The summed E-state index contributed by atoms with van der Waals surface area (Å²) in [5.74, 6) is 1.22. The molecule has 2 N–H and O–H groups in total. The van der Waals surface area contributed by atoms with Crippen molar-refractivity contribution in [1.82, 2.24) is 5.32 Å². The second-order valence-corrected chi connectivity index (χ2v) is 6.76. The van der Waals surface area contributed by atoms with Gasteiger partial charge in [-0.3, -0.25) is 0 Å². The molecule has 0 aromatic heterocycles. The van der Waals surface area contributed by atoms with Gasteiger partial charge in [0, 0.05) is 11.2 Å². The van der Waals surface area contributed by atoms with Crippen LogP contribution in [0, 0.1) is 5.92 Å². The fourth-order valence-corrected chi connectivity index (χ4v) is 3.56. The molecule has 1 aromatic carbocycles. The normalized spacial score (nSPS) is 16.8. The molecule has 116 valence electrons. The minimum absolute atomic E-state index is 0.125. The molecule has 0 radical (unpaired) electrons. The molecule has 0 atom stereocenters. The first-order valence-corrected chi connectivity index (χ1v) is 8.18. The molecule has 0 heterocycles. The predicted octanol–water partition coefficient (Wildman–Crippen LogP) is 4.60. The van der Waals surface area contributed by atoms with Gasteiger partial charge in [0.1, 0.15) is 5.75 Å². The fourth-order valence-electron chi connectivity index (χ4n) is 2.99. The summed E-state index contributed by atoms with van der Waals surface area (Å²) in [5.41, 5.74) is 0.996. The molecule has 0 amide bonds. The van der Waals surface area contributed by atoms with Gasteiger partial charge in [-0.15, -0.1) is 0 Å². The topological polar surface area (TPSA) is 33.3 Å². The number of anilines is 1. The number of hydrogen-bond donors (Lipinski definition) is 2. The summed E-state index contributed by atoms with van der Waals surface area (Å²) in [6.45, 7) is 4.51. The summed E-state index contributed by atoms with van der Waals surface area (Å²) < 4.78 is 5.15. The second-order valence-electron chi connectivity index (χ2n) is 5.95. The average molecular weight is 327 g/mol. The molecule has 0 aliphatic heterocycles. The highest BCUT2D eigenvalue weighted by Gasteiger charge is 2.37. The molecule has 1 aliphatic rings. The molecule has 1 saturated carbocycles. The number of halogens is 1. The molecule has 1 aromatic rings. The second kappa shape index (κ2) is 6.84. The van der Waals surface area contributed by atoms with Crippen molar-refractivity contribution in [3.8, 4) is 5.75 Å². The van der Waals surface area contributed by atoms with Crippen LogP contribution in [0.2, 0.25) is 5.02 Å². The van der Waals surface area contributed by atoms with Crippen molar-refractivity contribution in [3.63, 3.8) is 0 Å². The van der Waals surface area contributed by atoms with Crippen LogP contribution in [-0.2, 0) is 0 Å². The van der Waals surface area contributed by atoms with Gasteiger partial charge in [0.15, 0.2) is 5.11 Å². The van der Waals surface area contributed by atoms with Crippen molar-refractivity contribution in [2.45, 2.75) is 45.1 Å². The van der Waals surface area contributed by atoms with Gasteiger partial charge in [-0.2, -0.15) is 0 Å². The number of hydrogen-bond acceptors (Lipinski definition) is 2. The Hall–Kier alpha value is -1.00. The maximum Gasteiger partial charge on any atom is 0.171 e. The van der Waals surface area contributed by atoms with E-state index in [-0.39, 0.29) is 5.54 Å². The van der Waals surface area contributed by atoms with E-state index in [2.05, 4.69) is 24.5 Å². The van der Waals surface area contributed by atoms with E-state index in [1.165, 1.54) is 25.7 Å². The van der Waals surface area contributed by atoms with E-state index in [0.717, 1.165) is 5.69 Å². The Labute approximate surface area is 137 Å². The molecule has 0 spiro atoms. The van der Waals surface area contributed by atoms with E-state index in [0.29, 0.717) is 21.8 Å². The zero-order valence-corrected chi connectivity index (χ0v) is 14.4. The van der Waals surface area contributed by atoms with Gasteiger partial charge in [-0.1, -0.05) is 38.3 Å². The zero-order chi connectivity index (χ0) is 15.5. The van der Waals surface area contributed by atoms with Crippen LogP contribution < -0.4 is 15.4 Å². The van der Waals surface area contributed by atoms with Crippen LogP contribution in [-0.4, -0.2) is 17.8 Å². The molecule has 21 heavy (non-hydrogen) atoms. The maximum atomic E-state index is 6.13. The Morgan fingerprint density at radius 1 is 1.33 bits per heavy atom. The number of benzene rings is 1. The van der Waals surface area contributed by atoms with E-state index in [1.807, 2.05) is 18.2 Å². The largest absolute Gasteiger partial charge is 0.495 e. The Bertz CT molecular complexity index is 513. The summed E-state index contributed by atoms with van der Waals surface area (Å²) >= 11 is 11.6. The lowest BCUT2D eigenvalue weighted by Gasteiger charge is -2.35. The van der Waals surface area contributed by atoms with Crippen LogP contribution in [0.3, 0.4) is 0 Å². The summed E-state index contributed by atoms with van der Waals surface area (Å²) in [7, 11) is 1.60. The van der Waals surface area contributed by atoms with Crippen molar-refractivity contribution in [3.05, 3.63) is 23.2 Å². The minimum atomic E-state index is 0.125. The molecule has 2 rings (SSSR count). The van der Waals surface area contributed by atoms with Crippen molar-refractivity contribution in [1.29, 1.82) is 0 Å². The number of ether oxygens (including phenoxy) is 1. The number of methoxy groups -OCH3 is 1. The number of nitrogens with one attached hydrogen (secondary N) is 2. The van der Waals surface area contributed by atoms with E-state index in [1.54, 1.807) is 7.11 Å². The Morgan fingerprint density at radius 3 is 2.52 bits per heavy atom. The molecule has 0 bridgehead atoms. The lowest BCUT2D eigenvalue weighted by molar-refractivity contribution is 0.283. The first-order chi connectivity index (χ1) is 9.97. The average Bonchev–Trinajstić information content (AvgIpc) is 2.88. The maximum absolute atomic E-state index is 6.13.